The van der Waals surface area contributed by atoms with Gasteiger partial charge in [-0.05, 0) is 72.5 Å². The van der Waals surface area contributed by atoms with E-state index >= 15 is 0 Å². The molecule has 2 N–H and O–H groups in total. The molecule has 4 nitrogen and oxygen atoms in total. The second-order valence-corrected chi connectivity index (χ2v) is 9.04. The summed E-state index contributed by atoms with van der Waals surface area (Å²) in [7, 11) is 0. The summed E-state index contributed by atoms with van der Waals surface area (Å²) in [5.41, 5.74) is 12.5. The number of nitrogens with one attached hydrogen (secondary N) is 2. The van der Waals surface area contributed by atoms with Gasteiger partial charge in [0.25, 0.3) is 0 Å². The zero-order valence-corrected chi connectivity index (χ0v) is 20.3. The number of benzene rings is 2. The van der Waals surface area contributed by atoms with Gasteiger partial charge in [-0.25, -0.2) is 4.98 Å². The summed E-state index contributed by atoms with van der Waals surface area (Å²) < 4.78 is 0. The van der Waals surface area contributed by atoms with Crippen LogP contribution in [0.4, 0.5) is 0 Å². The van der Waals surface area contributed by atoms with Crippen molar-refractivity contribution >= 4 is 34.2 Å². The first-order valence-electron chi connectivity index (χ1n) is 12.1. The lowest BCUT2D eigenvalue weighted by Gasteiger charge is -2.04. The number of aromatic nitrogens is 4. The van der Waals surface area contributed by atoms with E-state index in [9.17, 15) is 0 Å². The normalized spacial score (nSPS) is 11.5. The van der Waals surface area contributed by atoms with Gasteiger partial charge in [0.15, 0.2) is 0 Å². The Bertz CT molecular complexity index is 1750. The van der Waals surface area contributed by atoms with E-state index in [-0.39, 0.29) is 2.85 Å². The first-order valence-corrected chi connectivity index (χ1v) is 12.1. The van der Waals surface area contributed by atoms with Gasteiger partial charge in [0.05, 0.1) is 11.4 Å². The summed E-state index contributed by atoms with van der Waals surface area (Å²) in [6, 6.07) is 29.5. The lowest BCUT2D eigenvalue weighted by molar-refractivity contribution is 1.22. The van der Waals surface area contributed by atoms with Crippen molar-refractivity contribution in [2.75, 3.05) is 0 Å². The lowest BCUT2D eigenvalue weighted by atomic mass is 10.0. The van der Waals surface area contributed by atoms with Crippen molar-refractivity contribution < 1.29 is 2.85 Å². The van der Waals surface area contributed by atoms with E-state index < -0.39 is 0 Å². The highest BCUT2D eigenvalue weighted by atomic mass is 14.8. The molecule has 1 aliphatic rings. The molecule has 3 aromatic heterocycles. The van der Waals surface area contributed by atoms with Crippen molar-refractivity contribution in [3.05, 3.63) is 120 Å². The molecule has 0 spiro atoms. The molecular formula is C32H30N4. The summed E-state index contributed by atoms with van der Waals surface area (Å²) in [6.45, 7) is 4.12. The standard InChI is InChI=1S/C32H26N4.2H2/c1-21-19-33-20-22(2)26-14-16-28(35-26)32(24-11-7-4-8-12-24)30-18-17-29(36-30)31(23-9-5-3-6-10-23)27-15-13-25(21)34-27;;/h3-20,34,36H,1-2H3;2*1H. The first-order chi connectivity index (χ1) is 17.7. The predicted octanol–water partition coefficient (Wildman–Crippen LogP) is 8.61. The number of aromatic amines is 2. The minimum absolute atomic E-state index is 0. The van der Waals surface area contributed by atoms with E-state index in [2.05, 4.69) is 107 Å². The third-order valence-corrected chi connectivity index (χ3v) is 6.57. The maximum absolute atomic E-state index is 5.00. The van der Waals surface area contributed by atoms with Gasteiger partial charge in [-0.15, -0.1) is 0 Å². The Hall–Kier alpha value is -4.70. The Morgan fingerprint density at radius 3 is 1.69 bits per heavy atom. The van der Waals surface area contributed by atoms with E-state index in [1.54, 1.807) is 0 Å². The molecule has 36 heavy (non-hydrogen) atoms. The fraction of sp³-hybridized carbons (Fsp3) is 0.0625. The van der Waals surface area contributed by atoms with Gasteiger partial charge in [0.2, 0.25) is 0 Å². The average molecular weight is 471 g/mol. The van der Waals surface area contributed by atoms with Gasteiger partial charge >= 0.3 is 0 Å². The number of H-pyrrole nitrogens is 2. The minimum atomic E-state index is 0. The molecule has 0 saturated carbocycles. The summed E-state index contributed by atoms with van der Waals surface area (Å²) >= 11 is 0. The van der Waals surface area contributed by atoms with Crippen LogP contribution in [0, 0.1) is 13.8 Å². The van der Waals surface area contributed by atoms with Crippen molar-refractivity contribution in [3.63, 3.8) is 0 Å². The Morgan fingerprint density at radius 1 is 0.528 bits per heavy atom. The highest BCUT2D eigenvalue weighted by molar-refractivity contribution is 5.96. The van der Waals surface area contributed by atoms with Gasteiger partial charge in [0.1, 0.15) is 0 Å². The average Bonchev–Trinajstić information content (AvgIpc) is 3.68. The summed E-state index contributed by atoms with van der Waals surface area (Å²) in [5, 5.41) is 0. The zero-order chi connectivity index (χ0) is 24.5. The molecule has 0 atom stereocenters. The second-order valence-electron chi connectivity index (χ2n) is 9.04. The molecule has 0 amide bonds. The lowest BCUT2D eigenvalue weighted by Crippen LogP contribution is -1.86. The largest absolute Gasteiger partial charge is 0.355 e. The summed E-state index contributed by atoms with van der Waals surface area (Å²) in [6.07, 6.45) is 7.93. The topological polar surface area (TPSA) is 57.4 Å². The number of hydrogen-bond acceptors (Lipinski definition) is 2. The van der Waals surface area contributed by atoms with Crippen LogP contribution in [0.2, 0.25) is 0 Å². The Labute approximate surface area is 213 Å². The molecule has 0 unspecified atom stereocenters. The molecular weight excluding hydrogens is 440 g/mol. The van der Waals surface area contributed by atoms with Crippen molar-refractivity contribution in [2.24, 2.45) is 0 Å². The van der Waals surface area contributed by atoms with Crippen LogP contribution in [0.5, 0.6) is 0 Å². The Balaban J connectivity index is 0.00000168. The Morgan fingerprint density at radius 2 is 1.03 bits per heavy atom. The minimum Gasteiger partial charge on any atom is -0.355 e. The summed E-state index contributed by atoms with van der Waals surface area (Å²) in [4.78, 5) is 16.9. The molecule has 6 bridgehead atoms. The van der Waals surface area contributed by atoms with Crippen LogP contribution in [-0.4, -0.2) is 19.9 Å². The molecule has 5 aromatic rings. The van der Waals surface area contributed by atoms with Crippen molar-refractivity contribution in [1.29, 1.82) is 0 Å². The van der Waals surface area contributed by atoms with Crippen LogP contribution in [0.15, 0.2) is 97.3 Å². The van der Waals surface area contributed by atoms with Crippen LogP contribution in [0.25, 0.3) is 56.5 Å². The first kappa shape index (κ1) is 21.8. The van der Waals surface area contributed by atoms with Crippen LogP contribution in [0.1, 0.15) is 25.4 Å². The second kappa shape index (κ2) is 9.16. The fourth-order valence-electron chi connectivity index (χ4n) is 4.68. The van der Waals surface area contributed by atoms with E-state index in [0.29, 0.717) is 0 Å². The quantitative estimate of drug-likeness (QED) is 0.266. The molecule has 6 rings (SSSR count). The molecule has 0 aliphatic carbocycles. The predicted molar refractivity (Wildman–Crippen MR) is 155 cm³/mol. The van der Waals surface area contributed by atoms with Crippen LogP contribution < -0.4 is 0 Å². The number of hydrogen-bond donors (Lipinski definition) is 2. The maximum Gasteiger partial charge on any atom is 0.0737 e. The molecule has 178 valence electrons. The number of rotatable bonds is 2. The highest BCUT2D eigenvalue weighted by Gasteiger charge is 2.12. The van der Waals surface area contributed by atoms with Gasteiger partial charge in [-0.3, -0.25) is 4.98 Å². The molecule has 2 aromatic carbocycles. The third kappa shape index (κ3) is 4.03. The maximum atomic E-state index is 5.00. The van der Waals surface area contributed by atoms with Crippen LogP contribution >= 0.6 is 0 Å². The highest BCUT2D eigenvalue weighted by Crippen LogP contribution is 2.33. The molecule has 0 fully saturated rings. The van der Waals surface area contributed by atoms with Crippen LogP contribution in [-0.2, 0) is 0 Å². The number of nitrogens with zero attached hydrogens (tertiary/aromatic N) is 2. The van der Waals surface area contributed by atoms with Crippen molar-refractivity contribution in [1.82, 2.24) is 19.9 Å². The monoisotopic (exact) mass is 470 g/mol. The van der Waals surface area contributed by atoms with Crippen molar-refractivity contribution in [2.45, 2.75) is 13.8 Å². The van der Waals surface area contributed by atoms with Gasteiger partial charge < -0.3 is 9.97 Å². The van der Waals surface area contributed by atoms with Crippen molar-refractivity contribution in [3.8, 4) is 22.3 Å². The van der Waals surface area contributed by atoms with Crippen LogP contribution in [0.3, 0.4) is 0 Å². The van der Waals surface area contributed by atoms with E-state index in [1.807, 2.05) is 31.5 Å². The number of aryl methyl sites for hydroxylation is 2. The molecule has 1 aliphatic heterocycles. The molecule has 0 radical (unpaired) electrons. The Kier molecular flexibility index (Phi) is 5.55. The van der Waals surface area contributed by atoms with Gasteiger partial charge in [-0.2, -0.15) is 0 Å². The fourth-order valence-corrected chi connectivity index (χ4v) is 4.68. The van der Waals surface area contributed by atoms with Gasteiger partial charge in [0, 0.05) is 48.4 Å². The SMILES string of the molecule is Cc1cncc(C)c2ccc([nH]2)c(-c2ccccc2)c2ccc([nH]2)c(-c2ccccc2)c2nc1C=C2.[HH].[HH]. The molecule has 4 heteroatoms. The number of fused-ring (bicyclic) bond motifs is 6. The van der Waals surface area contributed by atoms with E-state index in [0.717, 1.165) is 66.8 Å². The third-order valence-electron chi connectivity index (χ3n) is 6.57. The summed E-state index contributed by atoms with van der Waals surface area (Å²) in [5.74, 6) is 0. The molecule has 4 heterocycles. The zero-order valence-electron chi connectivity index (χ0n) is 20.3. The van der Waals surface area contributed by atoms with Gasteiger partial charge in [-0.1, -0.05) is 60.7 Å². The smallest absolute Gasteiger partial charge is 0.0737 e. The molecule has 0 saturated heterocycles. The van der Waals surface area contributed by atoms with E-state index in [4.69, 9.17) is 4.98 Å². The van der Waals surface area contributed by atoms with E-state index in [1.165, 1.54) is 0 Å².